The molecule has 2 heterocycles. The summed E-state index contributed by atoms with van der Waals surface area (Å²) >= 11 is 0. The molecule has 0 saturated carbocycles. The lowest BCUT2D eigenvalue weighted by molar-refractivity contribution is -0.132. The zero-order valence-electron chi connectivity index (χ0n) is 21.7. The first-order chi connectivity index (χ1) is 17.8. The van der Waals surface area contributed by atoms with Crippen molar-refractivity contribution in [2.75, 3.05) is 30.5 Å². The number of anilines is 2. The van der Waals surface area contributed by atoms with Gasteiger partial charge in [-0.3, -0.25) is 14.5 Å². The lowest BCUT2D eigenvalue weighted by Gasteiger charge is -2.26. The molecule has 3 aromatic rings. The largest absolute Gasteiger partial charge is 0.507 e. The number of hydrogen-bond donors (Lipinski definition) is 1. The van der Waals surface area contributed by atoms with Gasteiger partial charge in [-0.2, -0.15) is 0 Å². The van der Waals surface area contributed by atoms with E-state index in [1.807, 2.05) is 79.7 Å². The molecule has 3 aromatic carbocycles. The number of benzene rings is 3. The van der Waals surface area contributed by atoms with E-state index in [9.17, 15) is 14.7 Å². The van der Waals surface area contributed by atoms with Gasteiger partial charge in [0.25, 0.3) is 11.7 Å². The van der Waals surface area contributed by atoms with E-state index in [1.165, 1.54) is 4.90 Å². The summed E-state index contributed by atoms with van der Waals surface area (Å²) < 4.78 is 5.71. The van der Waals surface area contributed by atoms with E-state index < -0.39 is 17.7 Å². The van der Waals surface area contributed by atoms with Crippen molar-refractivity contribution in [1.82, 2.24) is 0 Å². The normalized spacial score (nSPS) is 18.6. The molecule has 1 saturated heterocycles. The maximum absolute atomic E-state index is 13.5. The van der Waals surface area contributed by atoms with Crippen LogP contribution in [0.4, 0.5) is 11.4 Å². The van der Waals surface area contributed by atoms with E-state index in [0.29, 0.717) is 23.8 Å². The topological polar surface area (TPSA) is 70.1 Å². The smallest absolute Gasteiger partial charge is 0.300 e. The van der Waals surface area contributed by atoms with Gasteiger partial charge in [0.15, 0.2) is 0 Å². The maximum Gasteiger partial charge on any atom is 0.300 e. The fourth-order valence-electron chi connectivity index (χ4n) is 5.05. The van der Waals surface area contributed by atoms with Crippen LogP contribution in [-0.4, -0.2) is 37.5 Å². The number of ether oxygens (including phenoxy) is 1. The Bertz CT molecular complexity index is 1370. The number of Topliss-reactive ketones (excluding diaryl/α,β-unsaturated/α-hetero) is 1. The van der Waals surface area contributed by atoms with Crippen LogP contribution < -0.4 is 14.5 Å². The molecule has 1 fully saturated rings. The monoisotopic (exact) mass is 496 g/mol. The molecule has 190 valence electrons. The SMILES string of the molecule is CC(C)c1ccc(C2/C(=C(/O)c3ccc4c(c3)CCCO4)C(=O)C(=O)N2c2ccc(N(C)C)cc2)cc1. The zero-order valence-corrected chi connectivity index (χ0v) is 21.7. The number of amides is 1. The number of carbonyl (C=O) groups excluding carboxylic acids is 2. The van der Waals surface area contributed by atoms with Gasteiger partial charge in [0, 0.05) is 31.0 Å². The van der Waals surface area contributed by atoms with Crippen LogP contribution in [0.2, 0.25) is 0 Å². The van der Waals surface area contributed by atoms with Crippen molar-refractivity contribution in [1.29, 1.82) is 0 Å². The molecule has 0 radical (unpaired) electrons. The molecule has 6 nitrogen and oxygen atoms in total. The molecular formula is C31H32N2O4. The fourth-order valence-corrected chi connectivity index (χ4v) is 5.05. The summed E-state index contributed by atoms with van der Waals surface area (Å²) in [4.78, 5) is 30.4. The summed E-state index contributed by atoms with van der Waals surface area (Å²) in [5.41, 5.74) is 5.10. The van der Waals surface area contributed by atoms with Gasteiger partial charge in [0.2, 0.25) is 0 Å². The molecule has 1 N–H and O–H groups in total. The van der Waals surface area contributed by atoms with Crippen molar-refractivity contribution in [3.8, 4) is 5.75 Å². The van der Waals surface area contributed by atoms with Crippen molar-refractivity contribution in [2.45, 2.75) is 38.6 Å². The van der Waals surface area contributed by atoms with Crippen molar-refractivity contribution in [3.63, 3.8) is 0 Å². The number of aliphatic hydroxyl groups is 1. The average molecular weight is 497 g/mol. The summed E-state index contributed by atoms with van der Waals surface area (Å²) in [6.07, 6.45) is 1.73. The van der Waals surface area contributed by atoms with Gasteiger partial charge in [-0.1, -0.05) is 38.1 Å². The summed E-state index contributed by atoms with van der Waals surface area (Å²) in [7, 11) is 3.89. The first-order valence-electron chi connectivity index (χ1n) is 12.7. The number of nitrogens with zero attached hydrogens (tertiary/aromatic N) is 2. The lowest BCUT2D eigenvalue weighted by atomic mass is 9.92. The highest BCUT2D eigenvalue weighted by molar-refractivity contribution is 6.51. The molecule has 2 aliphatic heterocycles. The number of ketones is 1. The predicted octanol–water partition coefficient (Wildman–Crippen LogP) is 5.83. The second kappa shape index (κ2) is 9.77. The molecule has 0 bridgehead atoms. The Hall–Kier alpha value is -4.06. The summed E-state index contributed by atoms with van der Waals surface area (Å²) in [6.45, 7) is 4.91. The van der Waals surface area contributed by atoms with Crippen LogP contribution in [0.25, 0.3) is 5.76 Å². The first kappa shape index (κ1) is 24.6. The number of fused-ring (bicyclic) bond motifs is 1. The van der Waals surface area contributed by atoms with Gasteiger partial charge < -0.3 is 14.7 Å². The van der Waals surface area contributed by atoms with E-state index in [0.717, 1.165) is 41.0 Å². The van der Waals surface area contributed by atoms with Crippen molar-refractivity contribution >= 4 is 28.8 Å². The van der Waals surface area contributed by atoms with Crippen molar-refractivity contribution in [2.24, 2.45) is 0 Å². The molecular weight excluding hydrogens is 464 g/mol. The third-order valence-corrected chi connectivity index (χ3v) is 7.19. The second-order valence-electron chi connectivity index (χ2n) is 10.2. The van der Waals surface area contributed by atoms with Crippen molar-refractivity contribution in [3.05, 3.63) is 94.6 Å². The van der Waals surface area contributed by atoms with Crippen LogP contribution in [0.1, 0.15) is 54.5 Å². The average Bonchev–Trinajstić information content (AvgIpc) is 3.18. The van der Waals surface area contributed by atoms with Gasteiger partial charge in [-0.25, -0.2) is 0 Å². The van der Waals surface area contributed by atoms with Gasteiger partial charge in [-0.15, -0.1) is 0 Å². The van der Waals surface area contributed by atoms with Crippen LogP contribution in [0.5, 0.6) is 5.75 Å². The molecule has 1 amide bonds. The fraction of sp³-hybridized carbons (Fsp3) is 0.290. The Morgan fingerprint density at radius 2 is 1.70 bits per heavy atom. The minimum atomic E-state index is -0.751. The van der Waals surface area contributed by atoms with E-state index in [-0.39, 0.29) is 11.3 Å². The van der Waals surface area contributed by atoms with E-state index in [2.05, 4.69) is 13.8 Å². The molecule has 6 heteroatoms. The number of rotatable bonds is 5. The van der Waals surface area contributed by atoms with E-state index >= 15 is 0 Å². The van der Waals surface area contributed by atoms with Gasteiger partial charge in [0.1, 0.15) is 11.5 Å². The van der Waals surface area contributed by atoms with Crippen LogP contribution in [0.15, 0.2) is 72.3 Å². The standard InChI is InChI=1S/C31H32N2O4/c1-19(2)20-7-9-21(10-8-20)28-27(29(34)23-11-16-26-22(18-23)6-5-17-37-26)30(35)31(36)33(28)25-14-12-24(13-15-25)32(3)4/h7-16,18-19,28,34H,5-6,17H2,1-4H3/b29-27-. The lowest BCUT2D eigenvalue weighted by Crippen LogP contribution is -2.29. The first-order valence-corrected chi connectivity index (χ1v) is 12.7. The molecule has 37 heavy (non-hydrogen) atoms. The van der Waals surface area contributed by atoms with Crippen LogP contribution >= 0.6 is 0 Å². The summed E-state index contributed by atoms with van der Waals surface area (Å²) in [5, 5.41) is 11.5. The highest BCUT2D eigenvalue weighted by Crippen LogP contribution is 2.43. The van der Waals surface area contributed by atoms with Crippen LogP contribution in [0.3, 0.4) is 0 Å². The zero-order chi connectivity index (χ0) is 26.3. The quantitative estimate of drug-likeness (QED) is 0.274. The molecule has 2 aliphatic rings. The highest BCUT2D eigenvalue weighted by Gasteiger charge is 2.47. The number of aryl methyl sites for hydroxylation is 1. The third kappa shape index (κ3) is 4.48. The minimum Gasteiger partial charge on any atom is -0.507 e. The minimum absolute atomic E-state index is 0.0932. The third-order valence-electron chi connectivity index (χ3n) is 7.19. The summed E-state index contributed by atoms with van der Waals surface area (Å²) in [5.74, 6) is -0.377. The van der Waals surface area contributed by atoms with Gasteiger partial charge in [0.05, 0.1) is 18.2 Å². The van der Waals surface area contributed by atoms with E-state index in [1.54, 1.807) is 6.07 Å². The number of aliphatic hydroxyl groups excluding tert-OH is 1. The Kier molecular flexibility index (Phi) is 6.50. The second-order valence-corrected chi connectivity index (χ2v) is 10.2. The molecule has 0 aliphatic carbocycles. The molecule has 1 atom stereocenters. The van der Waals surface area contributed by atoms with Crippen LogP contribution in [-0.2, 0) is 16.0 Å². The Labute approximate surface area is 217 Å². The number of carbonyl (C=O) groups is 2. The number of hydrogen-bond acceptors (Lipinski definition) is 5. The van der Waals surface area contributed by atoms with Gasteiger partial charge in [-0.05, 0) is 77.9 Å². The summed E-state index contributed by atoms with van der Waals surface area (Å²) in [6, 6.07) is 20.1. The van der Waals surface area contributed by atoms with Crippen molar-refractivity contribution < 1.29 is 19.4 Å². The molecule has 0 spiro atoms. The Balaban J connectivity index is 1.66. The molecule has 1 unspecified atom stereocenters. The maximum atomic E-state index is 13.5. The molecule has 5 rings (SSSR count). The predicted molar refractivity (Wildman–Crippen MR) is 146 cm³/mol. The highest BCUT2D eigenvalue weighted by atomic mass is 16.5. The van der Waals surface area contributed by atoms with Crippen LogP contribution in [0, 0.1) is 0 Å². The molecule has 0 aromatic heterocycles. The van der Waals surface area contributed by atoms with Gasteiger partial charge >= 0.3 is 0 Å². The Morgan fingerprint density at radius 1 is 1.00 bits per heavy atom. The van der Waals surface area contributed by atoms with E-state index in [4.69, 9.17) is 4.74 Å². The Morgan fingerprint density at radius 3 is 2.35 bits per heavy atom.